The van der Waals surface area contributed by atoms with Gasteiger partial charge in [0.2, 0.25) is 0 Å². The lowest BCUT2D eigenvalue weighted by atomic mass is 10.0. The first-order chi connectivity index (χ1) is 13.3. The minimum Gasteiger partial charge on any atom is -0.259 e. The lowest BCUT2D eigenvalue weighted by Crippen LogP contribution is -1.91. The van der Waals surface area contributed by atoms with Crippen LogP contribution in [0.25, 0.3) is 21.5 Å². The Bertz CT molecular complexity index is 1130. The van der Waals surface area contributed by atoms with Crippen LogP contribution in [0.2, 0.25) is 0 Å². The molecule has 0 aliphatic carbocycles. The third-order valence-corrected chi connectivity index (χ3v) is 5.10. The van der Waals surface area contributed by atoms with Crippen LogP contribution in [0.5, 0.6) is 0 Å². The summed E-state index contributed by atoms with van der Waals surface area (Å²) in [4.78, 5) is 0. The maximum atomic E-state index is 4.47. The van der Waals surface area contributed by atoms with Gasteiger partial charge in [-0.15, -0.1) is 5.11 Å². The van der Waals surface area contributed by atoms with E-state index in [0.29, 0.717) is 0 Å². The fourth-order valence-electron chi connectivity index (χ4n) is 3.64. The van der Waals surface area contributed by atoms with Gasteiger partial charge in [-0.3, -0.25) is 5.43 Å². The quantitative estimate of drug-likeness (QED) is 0.298. The number of benzene rings is 4. The van der Waals surface area contributed by atoms with Crippen molar-refractivity contribution in [1.29, 1.82) is 0 Å². The summed E-state index contributed by atoms with van der Waals surface area (Å²) in [6.45, 7) is 4.36. The molecule has 3 heteroatoms. The van der Waals surface area contributed by atoms with E-state index in [1.165, 1.54) is 27.3 Å². The summed E-state index contributed by atoms with van der Waals surface area (Å²) >= 11 is 0. The van der Waals surface area contributed by atoms with Crippen molar-refractivity contribution >= 4 is 32.9 Å². The molecule has 0 aromatic heterocycles. The molecule has 0 unspecified atom stereocenters. The van der Waals surface area contributed by atoms with E-state index < -0.39 is 0 Å². The van der Waals surface area contributed by atoms with Gasteiger partial charge in [0.25, 0.3) is 0 Å². The van der Waals surface area contributed by atoms with Gasteiger partial charge in [0, 0.05) is 10.8 Å². The van der Waals surface area contributed by atoms with Gasteiger partial charge in [-0.25, -0.2) is 0 Å². The van der Waals surface area contributed by atoms with Crippen LogP contribution in [0.3, 0.4) is 0 Å². The monoisotopic (exact) mass is 353 g/mol. The van der Waals surface area contributed by atoms with Crippen LogP contribution in [0.15, 0.2) is 83.1 Å². The normalized spacial score (nSPS) is 11.5. The summed E-state index contributed by atoms with van der Waals surface area (Å²) in [6, 6.07) is 25.2. The minimum absolute atomic E-state index is 0.879. The van der Waals surface area contributed by atoms with E-state index in [9.17, 15) is 0 Å². The predicted molar refractivity (Wildman–Crippen MR) is 115 cm³/mol. The van der Waals surface area contributed by atoms with Crippen LogP contribution in [0, 0.1) is 0 Å². The van der Waals surface area contributed by atoms with Crippen LogP contribution in [-0.4, -0.2) is 0 Å². The van der Waals surface area contributed by atoms with E-state index in [-0.39, 0.29) is 0 Å². The molecule has 27 heavy (non-hydrogen) atoms. The number of nitrogens with one attached hydrogen (secondary N) is 1. The van der Waals surface area contributed by atoms with Crippen LogP contribution in [-0.2, 0) is 12.8 Å². The van der Waals surface area contributed by atoms with Crippen LogP contribution < -0.4 is 5.43 Å². The molecule has 0 saturated carbocycles. The highest BCUT2D eigenvalue weighted by atomic mass is 15.4. The molecule has 0 atom stereocenters. The van der Waals surface area contributed by atoms with Gasteiger partial charge < -0.3 is 0 Å². The Morgan fingerprint density at radius 1 is 0.630 bits per heavy atom. The molecule has 134 valence electrons. The number of fused-ring (bicyclic) bond motifs is 2. The lowest BCUT2D eigenvalue weighted by Gasteiger charge is -2.09. The highest BCUT2D eigenvalue weighted by Crippen LogP contribution is 2.30. The molecular formula is C24H23N3. The summed E-state index contributed by atoms with van der Waals surface area (Å²) in [6.07, 6.45) is 2.02. The summed E-state index contributed by atoms with van der Waals surface area (Å²) in [7, 11) is 0. The Balaban J connectivity index is 1.68. The number of aryl methyl sites for hydroxylation is 2. The second kappa shape index (κ2) is 7.58. The Morgan fingerprint density at radius 3 is 1.85 bits per heavy atom. The van der Waals surface area contributed by atoms with E-state index in [0.717, 1.165) is 29.6 Å². The van der Waals surface area contributed by atoms with Crippen molar-refractivity contribution in [1.82, 2.24) is 0 Å². The molecule has 0 heterocycles. The Kier molecular flexibility index (Phi) is 4.84. The fraction of sp³-hybridized carbons (Fsp3) is 0.167. The molecule has 0 bridgehead atoms. The molecule has 4 aromatic carbocycles. The molecule has 3 nitrogen and oxygen atoms in total. The Morgan fingerprint density at radius 2 is 1.19 bits per heavy atom. The van der Waals surface area contributed by atoms with Crippen LogP contribution in [0.1, 0.15) is 25.0 Å². The molecule has 0 radical (unpaired) electrons. The summed E-state index contributed by atoms with van der Waals surface area (Å²) in [5.41, 5.74) is 7.67. The number of nitrogens with zero attached hydrogens (tertiary/aromatic N) is 2. The van der Waals surface area contributed by atoms with Gasteiger partial charge in [0.1, 0.15) is 0 Å². The SMILES string of the molecule is CCc1ccc(N=NNc2ccc(CC)c3ccccc23)c2ccccc12. The number of hydrogen-bond donors (Lipinski definition) is 1. The zero-order valence-corrected chi connectivity index (χ0v) is 15.7. The van der Waals surface area contributed by atoms with E-state index in [1.807, 2.05) is 12.1 Å². The zero-order chi connectivity index (χ0) is 18.6. The predicted octanol–water partition coefficient (Wildman–Crippen LogP) is 7.23. The first-order valence-electron chi connectivity index (χ1n) is 9.49. The zero-order valence-electron chi connectivity index (χ0n) is 15.7. The maximum Gasteiger partial charge on any atom is 0.0952 e. The highest BCUT2D eigenvalue weighted by molar-refractivity contribution is 5.96. The van der Waals surface area contributed by atoms with Gasteiger partial charge in [-0.1, -0.05) is 79.7 Å². The minimum atomic E-state index is 0.879. The Hall–Kier alpha value is -3.20. The number of anilines is 1. The number of rotatable bonds is 5. The first-order valence-corrected chi connectivity index (χ1v) is 9.49. The van der Waals surface area contributed by atoms with Crippen molar-refractivity contribution < 1.29 is 0 Å². The van der Waals surface area contributed by atoms with Crippen molar-refractivity contribution in [3.05, 3.63) is 83.9 Å². The van der Waals surface area contributed by atoms with Gasteiger partial charge in [0.15, 0.2) is 0 Å². The molecule has 4 aromatic rings. The summed E-state index contributed by atoms with van der Waals surface area (Å²) in [5, 5.41) is 13.6. The molecular weight excluding hydrogens is 330 g/mol. The second-order valence-corrected chi connectivity index (χ2v) is 6.63. The third kappa shape index (κ3) is 3.28. The third-order valence-electron chi connectivity index (χ3n) is 5.10. The lowest BCUT2D eigenvalue weighted by molar-refractivity contribution is 1.13. The Labute approximate surface area is 159 Å². The second-order valence-electron chi connectivity index (χ2n) is 6.63. The standard InChI is InChI=1S/C24H23N3/c1-3-17-13-15-23(21-11-7-5-9-19(17)21)25-27-26-24-16-14-18(4-2)20-10-6-8-12-22(20)24/h5-16H,3-4H2,1-2H3,(H,25,26). The number of hydrogen-bond acceptors (Lipinski definition) is 2. The molecule has 0 spiro atoms. The van der Waals surface area contributed by atoms with Crippen LogP contribution in [0.4, 0.5) is 11.4 Å². The van der Waals surface area contributed by atoms with E-state index in [2.05, 4.69) is 90.3 Å². The molecule has 1 N–H and O–H groups in total. The topological polar surface area (TPSA) is 36.8 Å². The molecule has 0 aliphatic rings. The van der Waals surface area contributed by atoms with E-state index >= 15 is 0 Å². The van der Waals surface area contributed by atoms with Crippen molar-refractivity contribution in [3.8, 4) is 0 Å². The van der Waals surface area contributed by atoms with E-state index in [1.54, 1.807) is 0 Å². The molecule has 0 saturated heterocycles. The smallest absolute Gasteiger partial charge is 0.0952 e. The van der Waals surface area contributed by atoms with Crippen molar-refractivity contribution in [3.63, 3.8) is 0 Å². The average molecular weight is 353 g/mol. The van der Waals surface area contributed by atoms with Crippen molar-refractivity contribution in [2.24, 2.45) is 10.3 Å². The van der Waals surface area contributed by atoms with Gasteiger partial charge in [0.05, 0.1) is 11.4 Å². The van der Waals surface area contributed by atoms with E-state index in [4.69, 9.17) is 0 Å². The maximum absolute atomic E-state index is 4.47. The van der Waals surface area contributed by atoms with Crippen LogP contribution >= 0.6 is 0 Å². The molecule has 0 amide bonds. The van der Waals surface area contributed by atoms with Crippen molar-refractivity contribution in [2.75, 3.05) is 5.43 Å². The largest absolute Gasteiger partial charge is 0.259 e. The van der Waals surface area contributed by atoms with Gasteiger partial charge in [-0.05, 0) is 46.9 Å². The van der Waals surface area contributed by atoms with Gasteiger partial charge >= 0.3 is 0 Å². The molecule has 0 aliphatic heterocycles. The van der Waals surface area contributed by atoms with Crippen molar-refractivity contribution in [2.45, 2.75) is 26.7 Å². The fourth-order valence-corrected chi connectivity index (χ4v) is 3.64. The molecule has 0 fully saturated rings. The molecule has 4 rings (SSSR count). The first kappa shape index (κ1) is 17.2. The average Bonchev–Trinajstić information content (AvgIpc) is 2.74. The summed E-state index contributed by atoms with van der Waals surface area (Å²) in [5.74, 6) is 0. The highest BCUT2D eigenvalue weighted by Gasteiger charge is 2.05. The van der Waals surface area contributed by atoms with Gasteiger partial charge in [-0.2, -0.15) is 0 Å². The summed E-state index contributed by atoms with van der Waals surface area (Å²) < 4.78 is 0.